The minimum Gasteiger partial charge on any atom is -0.364 e. The monoisotopic (exact) mass is 396 g/mol. The number of ether oxygens (including phenoxy) is 4. The summed E-state index contributed by atoms with van der Waals surface area (Å²) in [6.45, 7) is 4.64. The second-order valence-corrected chi connectivity index (χ2v) is 9.86. The highest BCUT2D eigenvalue weighted by Crippen LogP contribution is 2.52. The molecular weight excluding hydrogens is 371 g/mol. The van der Waals surface area contributed by atoms with Crippen molar-refractivity contribution < 1.29 is 32.5 Å². The van der Waals surface area contributed by atoms with Gasteiger partial charge in [-0.1, -0.05) is 0 Å². The van der Waals surface area contributed by atoms with Gasteiger partial charge in [-0.25, -0.2) is 9.80 Å². The van der Waals surface area contributed by atoms with E-state index in [2.05, 4.69) is 9.80 Å². The molecule has 0 N–H and O–H groups in total. The molecule has 4 aliphatic rings. The van der Waals surface area contributed by atoms with Crippen molar-refractivity contribution in [3.8, 4) is 0 Å². The topological polar surface area (TPSA) is 71.1 Å². The van der Waals surface area contributed by atoms with Gasteiger partial charge in [0.1, 0.15) is 26.9 Å². The molecule has 0 atom stereocenters. The Bertz CT molecular complexity index is 479. The van der Waals surface area contributed by atoms with Crippen LogP contribution in [0.4, 0.5) is 0 Å². The second-order valence-electron chi connectivity index (χ2n) is 6.85. The van der Waals surface area contributed by atoms with Crippen molar-refractivity contribution in [1.82, 2.24) is 9.80 Å². The van der Waals surface area contributed by atoms with E-state index in [4.69, 9.17) is 44.3 Å². The van der Waals surface area contributed by atoms with Gasteiger partial charge in [0.25, 0.3) is 0 Å². The van der Waals surface area contributed by atoms with Gasteiger partial charge in [-0.15, -0.1) is 0 Å². The lowest BCUT2D eigenvalue weighted by atomic mass is 10.0. The molecule has 0 bridgehead atoms. The van der Waals surface area contributed by atoms with E-state index in [1.165, 1.54) is 0 Å². The zero-order chi connectivity index (χ0) is 17.4. The Labute approximate surface area is 152 Å². The zero-order valence-corrected chi connectivity index (χ0v) is 16.1. The lowest BCUT2D eigenvalue weighted by Gasteiger charge is -2.33. The maximum Gasteiger partial charge on any atom is 0.327 e. The standard InChI is InChI=1S/C14H25N2O7PS/c1-2-21-24(25,22-7-13-3-17-9-15(13)10-18-4-13)23-8-14-5-19-11-16(14)12-20-6-14/h2-12H2,1H3. The van der Waals surface area contributed by atoms with Gasteiger partial charge in [-0.2, -0.15) is 0 Å². The summed E-state index contributed by atoms with van der Waals surface area (Å²) in [6, 6.07) is 0. The molecule has 0 amide bonds. The Morgan fingerprint density at radius 1 is 0.800 bits per heavy atom. The summed E-state index contributed by atoms with van der Waals surface area (Å²) in [5, 5.41) is 0. The number of rotatable bonds is 8. The van der Waals surface area contributed by atoms with Crippen LogP contribution in [0.2, 0.25) is 0 Å². The van der Waals surface area contributed by atoms with Crippen LogP contribution in [0.5, 0.6) is 0 Å². The predicted molar refractivity (Wildman–Crippen MR) is 90.2 cm³/mol. The summed E-state index contributed by atoms with van der Waals surface area (Å²) in [7, 11) is 0. The molecule has 4 heterocycles. The number of nitrogens with zero attached hydrogens (tertiary/aromatic N) is 2. The van der Waals surface area contributed by atoms with Gasteiger partial charge in [0.15, 0.2) is 0 Å². The van der Waals surface area contributed by atoms with Crippen LogP contribution in [0.3, 0.4) is 0 Å². The Kier molecular flexibility index (Phi) is 5.49. The summed E-state index contributed by atoms with van der Waals surface area (Å²) in [4.78, 5) is 4.24. The van der Waals surface area contributed by atoms with E-state index in [-0.39, 0.29) is 11.1 Å². The molecule has 0 aromatic carbocycles. The molecule has 4 aliphatic heterocycles. The van der Waals surface area contributed by atoms with Gasteiger partial charge >= 0.3 is 6.72 Å². The summed E-state index contributed by atoms with van der Waals surface area (Å²) >= 11 is 5.63. The predicted octanol–water partition coefficient (Wildman–Crippen LogP) is 0.313. The molecule has 0 aromatic rings. The molecule has 25 heavy (non-hydrogen) atoms. The van der Waals surface area contributed by atoms with Crippen molar-refractivity contribution in [3.05, 3.63) is 0 Å². The van der Waals surface area contributed by atoms with Gasteiger partial charge in [-0.05, 0) is 18.7 Å². The summed E-state index contributed by atoms with van der Waals surface area (Å²) in [5.41, 5.74) is -0.580. The molecule has 144 valence electrons. The van der Waals surface area contributed by atoms with Crippen molar-refractivity contribution in [2.45, 2.75) is 18.0 Å². The molecule has 0 aliphatic carbocycles. The van der Waals surface area contributed by atoms with Crippen LogP contribution in [-0.2, 0) is 44.3 Å². The van der Waals surface area contributed by atoms with Crippen LogP contribution in [0.1, 0.15) is 6.92 Å². The third-order valence-electron chi connectivity index (χ3n) is 5.08. The first-order chi connectivity index (χ1) is 12.1. The SMILES string of the molecule is CCOP(=S)(OCC12COCN1COC2)OCC12COCN1COC2. The van der Waals surface area contributed by atoms with Gasteiger partial charge in [0, 0.05) is 0 Å². The average molecular weight is 396 g/mol. The molecule has 9 nitrogen and oxygen atoms in total. The Morgan fingerprint density at radius 3 is 1.56 bits per heavy atom. The number of fused-ring (bicyclic) bond motifs is 2. The van der Waals surface area contributed by atoms with Crippen molar-refractivity contribution in [2.24, 2.45) is 0 Å². The molecular formula is C14H25N2O7PS. The van der Waals surface area contributed by atoms with Gasteiger partial charge in [-0.3, -0.25) is 0 Å². The van der Waals surface area contributed by atoms with Crippen LogP contribution >= 0.6 is 6.72 Å². The molecule has 0 radical (unpaired) electrons. The van der Waals surface area contributed by atoms with E-state index in [1.807, 2.05) is 6.92 Å². The first-order valence-electron chi connectivity index (χ1n) is 8.45. The molecule has 0 unspecified atom stereocenters. The van der Waals surface area contributed by atoms with E-state index in [9.17, 15) is 0 Å². The minimum atomic E-state index is -2.88. The molecule has 4 rings (SSSR count). The normalized spacial score (nSPS) is 28.5. The zero-order valence-electron chi connectivity index (χ0n) is 14.4. The van der Waals surface area contributed by atoms with Crippen LogP contribution in [0, 0.1) is 0 Å². The van der Waals surface area contributed by atoms with Crippen LogP contribution in [0.15, 0.2) is 0 Å². The van der Waals surface area contributed by atoms with E-state index >= 15 is 0 Å². The van der Waals surface area contributed by atoms with Crippen molar-refractivity contribution in [3.63, 3.8) is 0 Å². The molecule has 4 saturated heterocycles. The summed E-state index contributed by atoms with van der Waals surface area (Å²) < 4.78 is 40.0. The Morgan fingerprint density at radius 2 is 1.20 bits per heavy atom. The van der Waals surface area contributed by atoms with Crippen LogP contribution < -0.4 is 0 Å². The largest absolute Gasteiger partial charge is 0.364 e. The molecule has 0 saturated carbocycles. The van der Waals surface area contributed by atoms with E-state index in [0.717, 1.165) is 0 Å². The van der Waals surface area contributed by atoms with E-state index in [0.29, 0.717) is 73.2 Å². The average Bonchev–Trinajstić information content (AvgIpc) is 3.31. The van der Waals surface area contributed by atoms with E-state index < -0.39 is 6.72 Å². The van der Waals surface area contributed by atoms with Gasteiger partial charge < -0.3 is 32.5 Å². The maximum absolute atomic E-state index is 6.04. The highest BCUT2D eigenvalue weighted by Gasteiger charge is 2.50. The Hall–Kier alpha value is 0.290. The van der Waals surface area contributed by atoms with Crippen molar-refractivity contribution >= 4 is 18.5 Å². The fraction of sp³-hybridized carbons (Fsp3) is 1.00. The maximum atomic E-state index is 6.04. The fourth-order valence-corrected chi connectivity index (χ4v) is 5.44. The first kappa shape index (κ1) is 18.6. The molecule has 11 heteroatoms. The highest BCUT2D eigenvalue weighted by atomic mass is 32.5. The van der Waals surface area contributed by atoms with Crippen molar-refractivity contribution in [1.29, 1.82) is 0 Å². The third-order valence-corrected chi connectivity index (χ3v) is 7.50. The summed E-state index contributed by atoms with van der Waals surface area (Å²) in [5.74, 6) is 0. The first-order valence-corrected chi connectivity index (χ1v) is 11.0. The number of hydrogen-bond donors (Lipinski definition) is 0. The summed E-state index contributed by atoms with van der Waals surface area (Å²) in [6.07, 6.45) is 0. The quantitative estimate of drug-likeness (QED) is 0.536. The lowest BCUT2D eigenvalue weighted by Crippen LogP contribution is -2.48. The molecule has 0 spiro atoms. The van der Waals surface area contributed by atoms with Gasteiger partial charge in [0.05, 0.1) is 57.3 Å². The smallest absolute Gasteiger partial charge is 0.327 e. The van der Waals surface area contributed by atoms with Crippen LogP contribution in [0.25, 0.3) is 0 Å². The Balaban J connectivity index is 1.38. The van der Waals surface area contributed by atoms with Gasteiger partial charge in [0.2, 0.25) is 0 Å². The van der Waals surface area contributed by atoms with Crippen LogP contribution in [-0.4, -0.2) is 94.0 Å². The highest BCUT2D eigenvalue weighted by molar-refractivity contribution is 8.07. The minimum absolute atomic E-state index is 0.290. The molecule has 4 fully saturated rings. The molecule has 0 aromatic heterocycles. The third kappa shape index (κ3) is 3.55. The number of hydrogen-bond acceptors (Lipinski definition) is 10. The van der Waals surface area contributed by atoms with Crippen molar-refractivity contribution in [2.75, 3.05) is 73.2 Å². The van der Waals surface area contributed by atoms with E-state index in [1.54, 1.807) is 0 Å². The second kappa shape index (κ2) is 7.37. The lowest BCUT2D eigenvalue weighted by molar-refractivity contribution is 0.0662. The fourth-order valence-electron chi connectivity index (χ4n) is 3.47.